The smallest absolute Gasteiger partial charge is 0.229 e. The molecule has 2 saturated heterocycles. The van der Waals surface area contributed by atoms with Crippen molar-refractivity contribution in [1.29, 1.82) is 0 Å². The molecule has 4 heteroatoms. The minimum absolute atomic E-state index is 0.0452. The summed E-state index contributed by atoms with van der Waals surface area (Å²) in [5, 5.41) is 3.06. The third kappa shape index (κ3) is 3.56. The molecular formula is C24H28N2O2. The van der Waals surface area contributed by atoms with E-state index in [2.05, 4.69) is 29.6 Å². The van der Waals surface area contributed by atoms with Crippen LogP contribution in [0.4, 0.5) is 0 Å². The predicted molar refractivity (Wildman–Crippen MR) is 110 cm³/mol. The first-order valence-electron chi connectivity index (χ1n) is 10.2. The molecule has 0 radical (unpaired) electrons. The van der Waals surface area contributed by atoms with Crippen LogP contribution in [-0.2, 0) is 9.59 Å². The van der Waals surface area contributed by atoms with E-state index in [4.69, 9.17) is 0 Å². The number of hydrogen-bond acceptors (Lipinski definition) is 2. The van der Waals surface area contributed by atoms with Gasteiger partial charge in [0.15, 0.2) is 0 Å². The lowest BCUT2D eigenvalue weighted by molar-refractivity contribution is -0.136. The third-order valence-electron chi connectivity index (χ3n) is 6.70. The number of nitrogens with zero attached hydrogens (tertiary/aromatic N) is 1. The molecule has 2 aliphatic rings. The van der Waals surface area contributed by atoms with Crippen molar-refractivity contribution in [3.05, 3.63) is 71.8 Å². The molecule has 4 rings (SSSR count). The van der Waals surface area contributed by atoms with Crippen molar-refractivity contribution in [2.45, 2.75) is 38.0 Å². The van der Waals surface area contributed by atoms with Crippen molar-refractivity contribution in [1.82, 2.24) is 10.2 Å². The number of carbonyl (C=O) groups excluding carboxylic acids is 2. The number of benzene rings is 2. The van der Waals surface area contributed by atoms with E-state index in [0.717, 1.165) is 31.5 Å². The zero-order chi connectivity index (χ0) is 19.6. The maximum atomic E-state index is 13.0. The Kier molecular flexibility index (Phi) is 5.21. The lowest BCUT2D eigenvalue weighted by Crippen LogP contribution is -2.53. The minimum atomic E-state index is -0.130. The van der Waals surface area contributed by atoms with Gasteiger partial charge in [0.05, 0.1) is 5.92 Å². The SMILES string of the molecule is C[C@H](C(=O)N1CCC2(CC1)CC(=O)NC[C@H]2c1ccccc1)c1ccccc1. The number of amides is 2. The number of nitrogens with one attached hydrogen (secondary N) is 1. The molecule has 28 heavy (non-hydrogen) atoms. The van der Waals surface area contributed by atoms with Gasteiger partial charge in [-0.1, -0.05) is 60.7 Å². The van der Waals surface area contributed by atoms with E-state index in [-0.39, 0.29) is 23.1 Å². The fourth-order valence-corrected chi connectivity index (χ4v) is 4.95. The summed E-state index contributed by atoms with van der Waals surface area (Å²) in [5.41, 5.74) is 2.31. The van der Waals surface area contributed by atoms with Crippen LogP contribution >= 0.6 is 0 Å². The Balaban J connectivity index is 1.49. The predicted octanol–water partition coefficient (Wildman–Crippen LogP) is 3.70. The fourth-order valence-electron chi connectivity index (χ4n) is 4.95. The van der Waals surface area contributed by atoms with E-state index in [1.165, 1.54) is 5.56 Å². The van der Waals surface area contributed by atoms with Gasteiger partial charge in [-0.3, -0.25) is 9.59 Å². The van der Waals surface area contributed by atoms with Gasteiger partial charge in [-0.25, -0.2) is 0 Å². The first-order valence-corrected chi connectivity index (χ1v) is 10.2. The summed E-state index contributed by atoms with van der Waals surface area (Å²) in [6, 6.07) is 20.5. The van der Waals surface area contributed by atoms with Crippen LogP contribution in [0.3, 0.4) is 0 Å². The van der Waals surface area contributed by atoms with E-state index in [9.17, 15) is 9.59 Å². The highest BCUT2D eigenvalue weighted by molar-refractivity contribution is 5.83. The molecule has 2 heterocycles. The van der Waals surface area contributed by atoms with Gasteiger partial charge in [0.25, 0.3) is 0 Å². The summed E-state index contributed by atoms with van der Waals surface area (Å²) < 4.78 is 0. The highest BCUT2D eigenvalue weighted by atomic mass is 16.2. The Hall–Kier alpha value is -2.62. The van der Waals surface area contributed by atoms with Crippen LogP contribution in [0.2, 0.25) is 0 Å². The molecule has 1 N–H and O–H groups in total. The van der Waals surface area contributed by atoms with Crippen LogP contribution in [0.1, 0.15) is 49.1 Å². The quantitative estimate of drug-likeness (QED) is 0.888. The summed E-state index contributed by atoms with van der Waals surface area (Å²) in [6.45, 7) is 4.14. The average molecular weight is 377 g/mol. The number of piperidine rings is 2. The van der Waals surface area contributed by atoms with Crippen LogP contribution in [-0.4, -0.2) is 36.3 Å². The van der Waals surface area contributed by atoms with Crippen molar-refractivity contribution in [3.8, 4) is 0 Å². The first-order chi connectivity index (χ1) is 13.6. The molecule has 2 amide bonds. The summed E-state index contributed by atoms with van der Waals surface area (Å²) in [7, 11) is 0. The second-order valence-electron chi connectivity index (χ2n) is 8.26. The summed E-state index contributed by atoms with van der Waals surface area (Å²) in [6.07, 6.45) is 2.32. The molecule has 0 saturated carbocycles. The lowest BCUT2D eigenvalue weighted by Gasteiger charge is -2.49. The molecule has 4 nitrogen and oxygen atoms in total. The third-order valence-corrected chi connectivity index (χ3v) is 6.70. The van der Waals surface area contributed by atoms with E-state index in [0.29, 0.717) is 18.9 Å². The Morgan fingerprint density at radius 1 is 1.04 bits per heavy atom. The van der Waals surface area contributed by atoms with Gasteiger partial charge < -0.3 is 10.2 Å². The Bertz CT molecular complexity index is 826. The molecule has 2 atom stereocenters. The molecule has 0 aromatic heterocycles. The van der Waals surface area contributed by atoms with Crippen molar-refractivity contribution in [2.75, 3.05) is 19.6 Å². The molecule has 0 bridgehead atoms. The second kappa shape index (κ2) is 7.78. The van der Waals surface area contributed by atoms with Gasteiger partial charge in [0.2, 0.25) is 11.8 Å². The standard InChI is InChI=1S/C24H28N2O2/c1-18(19-8-4-2-5-9-19)23(28)26-14-12-24(13-15-26)16-22(27)25-17-21(24)20-10-6-3-7-11-20/h2-11,18,21H,12-17H2,1H3,(H,25,27)/t18-,21-/m0/s1. The fraction of sp³-hybridized carbons (Fsp3) is 0.417. The zero-order valence-corrected chi connectivity index (χ0v) is 16.4. The number of rotatable bonds is 3. The highest BCUT2D eigenvalue weighted by Gasteiger charge is 2.46. The normalized spacial score (nSPS) is 22.5. The van der Waals surface area contributed by atoms with Gasteiger partial charge in [0.1, 0.15) is 0 Å². The number of likely N-dealkylation sites (tertiary alicyclic amines) is 1. The van der Waals surface area contributed by atoms with Gasteiger partial charge in [-0.15, -0.1) is 0 Å². The Morgan fingerprint density at radius 2 is 1.64 bits per heavy atom. The maximum absolute atomic E-state index is 13.0. The minimum Gasteiger partial charge on any atom is -0.355 e. The van der Waals surface area contributed by atoms with Crippen LogP contribution in [0.25, 0.3) is 0 Å². The zero-order valence-electron chi connectivity index (χ0n) is 16.4. The molecule has 0 aliphatic carbocycles. The van der Waals surface area contributed by atoms with Crippen molar-refractivity contribution in [3.63, 3.8) is 0 Å². The Labute approximate surface area is 166 Å². The van der Waals surface area contributed by atoms with Crippen LogP contribution < -0.4 is 5.32 Å². The summed E-state index contributed by atoms with van der Waals surface area (Å²) >= 11 is 0. The van der Waals surface area contributed by atoms with Crippen LogP contribution in [0.5, 0.6) is 0 Å². The summed E-state index contributed by atoms with van der Waals surface area (Å²) in [4.78, 5) is 27.3. The first kappa shape index (κ1) is 18.7. The monoisotopic (exact) mass is 376 g/mol. The molecule has 0 unspecified atom stereocenters. The lowest BCUT2D eigenvalue weighted by atomic mass is 9.62. The van der Waals surface area contributed by atoms with Crippen LogP contribution in [0.15, 0.2) is 60.7 Å². The molecule has 2 aromatic rings. The van der Waals surface area contributed by atoms with E-state index in [1.807, 2.05) is 48.2 Å². The van der Waals surface area contributed by atoms with E-state index >= 15 is 0 Å². The Morgan fingerprint density at radius 3 is 2.29 bits per heavy atom. The number of carbonyl (C=O) groups is 2. The summed E-state index contributed by atoms with van der Waals surface area (Å²) in [5.74, 6) is 0.521. The van der Waals surface area contributed by atoms with Crippen molar-refractivity contribution >= 4 is 11.8 Å². The second-order valence-corrected chi connectivity index (χ2v) is 8.26. The van der Waals surface area contributed by atoms with Crippen LogP contribution in [0, 0.1) is 5.41 Å². The molecule has 2 aliphatic heterocycles. The van der Waals surface area contributed by atoms with Gasteiger partial charge >= 0.3 is 0 Å². The molecule has 146 valence electrons. The van der Waals surface area contributed by atoms with Crippen molar-refractivity contribution in [2.24, 2.45) is 5.41 Å². The maximum Gasteiger partial charge on any atom is 0.229 e. The van der Waals surface area contributed by atoms with Crippen molar-refractivity contribution < 1.29 is 9.59 Å². The van der Waals surface area contributed by atoms with E-state index in [1.54, 1.807) is 0 Å². The highest BCUT2D eigenvalue weighted by Crippen LogP contribution is 2.48. The largest absolute Gasteiger partial charge is 0.355 e. The molecular weight excluding hydrogens is 348 g/mol. The molecule has 1 spiro atoms. The molecule has 2 aromatic carbocycles. The molecule has 2 fully saturated rings. The van der Waals surface area contributed by atoms with Gasteiger partial charge in [-0.2, -0.15) is 0 Å². The van der Waals surface area contributed by atoms with Gasteiger partial charge in [0, 0.05) is 32.0 Å². The van der Waals surface area contributed by atoms with Gasteiger partial charge in [-0.05, 0) is 36.3 Å². The van der Waals surface area contributed by atoms with E-state index < -0.39 is 0 Å². The average Bonchev–Trinajstić information content (AvgIpc) is 2.74. The topological polar surface area (TPSA) is 49.4 Å². The number of hydrogen-bond donors (Lipinski definition) is 1.